The molecule has 0 aromatic heterocycles. The molecule has 1 aromatic rings. The standard InChI is InChI=1S/C30H50N2O6Si/c1-9-16-26(28(33)31-20-15-19-25(31)23-38-39(7,8)30(4,5)6)32(21-27(35-10-2)36-11-3)29(34)37-22-24-17-13-12-14-18-24/h9,12-14,17-18,25-27H,1,10-11,15-16,19-23H2,2-8H3/t25-,26+/m0/s1. The second-order valence-electron chi connectivity index (χ2n) is 11.5. The number of benzene rings is 1. The fourth-order valence-corrected chi connectivity index (χ4v) is 5.39. The Bertz CT molecular complexity index is 898. The minimum absolute atomic E-state index is 0.0317. The summed E-state index contributed by atoms with van der Waals surface area (Å²) in [5.74, 6) is -0.125. The fraction of sp³-hybridized carbons (Fsp3) is 0.667. The molecule has 9 heteroatoms. The number of likely N-dealkylation sites (tertiary alicyclic amines) is 1. The summed E-state index contributed by atoms with van der Waals surface area (Å²) in [5, 5.41) is 0.0820. The summed E-state index contributed by atoms with van der Waals surface area (Å²) >= 11 is 0. The van der Waals surface area contributed by atoms with Gasteiger partial charge in [0.05, 0.1) is 19.2 Å². The van der Waals surface area contributed by atoms with Gasteiger partial charge in [0, 0.05) is 19.8 Å². The van der Waals surface area contributed by atoms with Gasteiger partial charge in [-0.05, 0) is 56.8 Å². The molecule has 0 bridgehead atoms. The zero-order chi connectivity index (χ0) is 29.1. The highest BCUT2D eigenvalue weighted by Crippen LogP contribution is 2.37. The zero-order valence-corrected chi connectivity index (χ0v) is 26.1. The van der Waals surface area contributed by atoms with Crippen LogP contribution in [0.1, 0.15) is 59.4 Å². The van der Waals surface area contributed by atoms with E-state index in [-0.39, 0.29) is 36.6 Å². The molecule has 1 aliphatic heterocycles. The van der Waals surface area contributed by atoms with Crippen LogP contribution in [-0.4, -0.2) is 81.4 Å². The van der Waals surface area contributed by atoms with Crippen LogP contribution in [0.4, 0.5) is 4.79 Å². The molecule has 0 aliphatic carbocycles. The topological polar surface area (TPSA) is 77.5 Å². The molecule has 2 atom stereocenters. The first-order valence-corrected chi connectivity index (χ1v) is 17.1. The van der Waals surface area contributed by atoms with Crippen molar-refractivity contribution in [2.24, 2.45) is 0 Å². The lowest BCUT2D eigenvalue weighted by atomic mass is 10.1. The number of carbonyl (C=O) groups is 2. The lowest BCUT2D eigenvalue weighted by molar-refractivity contribution is -0.154. The van der Waals surface area contributed by atoms with Crippen LogP contribution in [0.25, 0.3) is 0 Å². The Morgan fingerprint density at radius 3 is 2.36 bits per heavy atom. The summed E-state index contributed by atoms with van der Waals surface area (Å²) in [4.78, 5) is 30.9. The smallest absolute Gasteiger partial charge is 0.410 e. The van der Waals surface area contributed by atoms with Gasteiger partial charge >= 0.3 is 6.09 Å². The third-order valence-corrected chi connectivity index (χ3v) is 12.1. The molecule has 1 heterocycles. The summed E-state index contributed by atoms with van der Waals surface area (Å²) in [5.41, 5.74) is 0.867. The molecule has 0 spiro atoms. The van der Waals surface area contributed by atoms with Gasteiger partial charge in [0.25, 0.3) is 0 Å². The van der Waals surface area contributed by atoms with Crippen LogP contribution in [0.15, 0.2) is 43.0 Å². The van der Waals surface area contributed by atoms with E-state index in [9.17, 15) is 9.59 Å². The van der Waals surface area contributed by atoms with E-state index in [4.69, 9.17) is 18.6 Å². The monoisotopic (exact) mass is 562 g/mol. The molecule has 0 radical (unpaired) electrons. The average molecular weight is 563 g/mol. The highest BCUT2D eigenvalue weighted by molar-refractivity contribution is 6.74. The van der Waals surface area contributed by atoms with Crippen LogP contribution < -0.4 is 0 Å². The molecule has 0 unspecified atom stereocenters. The van der Waals surface area contributed by atoms with E-state index < -0.39 is 26.7 Å². The quantitative estimate of drug-likeness (QED) is 0.149. The van der Waals surface area contributed by atoms with Crippen LogP contribution >= 0.6 is 0 Å². The Morgan fingerprint density at radius 1 is 1.15 bits per heavy atom. The van der Waals surface area contributed by atoms with Gasteiger partial charge in [0.1, 0.15) is 12.6 Å². The predicted molar refractivity (Wildman–Crippen MR) is 157 cm³/mol. The molecule has 220 valence electrons. The van der Waals surface area contributed by atoms with E-state index in [1.165, 1.54) is 4.90 Å². The molecule has 39 heavy (non-hydrogen) atoms. The maximum atomic E-state index is 14.1. The van der Waals surface area contributed by atoms with E-state index in [1.54, 1.807) is 6.08 Å². The maximum absolute atomic E-state index is 14.1. The van der Waals surface area contributed by atoms with Gasteiger partial charge in [-0.3, -0.25) is 9.69 Å². The average Bonchev–Trinajstić information content (AvgIpc) is 3.36. The van der Waals surface area contributed by atoms with E-state index >= 15 is 0 Å². The van der Waals surface area contributed by atoms with Gasteiger partial charge in [-0.15, -0.1) is 6.58 Å². The molecule has 2 amide bonds. The molecule has 2 rings (SSSR count). The largest absolute Gasteiger partial charge is 0.445 e. The van der Waals surface area contributed by atoms with Crippen LogP contribution in [0.2, 0.25) is 18.1 Å². The molecule has 0 N–H and O–H groups in total. The number of hydrogen-bond donors (Lipinski definition) is 0. The molecule has 1 fully saturated rings. The third kappa shape index (κ3) is 9.74. The van der Waals surface area contributed by atoms with Crippen LogP contribution in [0.5, 0.6) is 0 Å². The van der Waals surface area contributed by atoms with Crippen molar-refractivity contribution in [3.8, 4) is 0 Å². The lowest BCUT2D eigenvalue weighted by Gasteiger charge is -2.39. The predicted octanol–water partition coefficient (Wildman–Crippen LogP) is 5.98. The van der Waals surface area contributed by atoms with Crippen molar-refractivity contribution in [1.82, 2.24) is 9.80 Å². The Kier molecular flexibility index (Phi) is 13.2. The van der Waals surface area contributed by atoms with Gasteiger partial charge in [-0.25, -0.2) is 4.79 Å². The number of nitrogens with zero attached hydrogens (tertiary/aromatic N) is 2. The Hall–Kier alpha value is -2.20. The number of hydrogen-bond acceptors (Lipinski definition) is 6. The minimum Gasteiger partial charge on any atom is -0.445 e. The van der Waals surface area contributed by atoms with Gasteiger partial charge in [0.15, 0.2) is 14.6 Å². The first-order valence-electron chi connectivity index (χ1n) is 14.2. The first kappa shape index (κ1) is 33.0. The second-order valence-corrected chi connectivity index (χ2v) is 16.3. The van der Waals surface area contributed by atoms with Crippen molar-refractivity contribution in [2.45, 2.75) is 97.0 Å². The molecular weight excluding hydrogens is 512 g/mol. The molecule has 1 saturated heterocycles. The Balaban J connectivity index is 2.28. The van der Waals surface area contributed by atoms with Crippen molar-refractivity contribution >= 4 is 20.3 Å². The molecule has 1 aromatic carbocycles. The van der Waals surface area contributed by atoms with Crippen LogP contribution in [-0.2, 0) is 30.0 Å². The van der Waals surface area contributed by atoms with Crippen molar-refractivity contribution in [1.29, 1.82) is 0 Å². The summed E-state index contributed by atoms with van der Waals surface area (Å²) in [6.45, 7) is 20.8. The van der Waals surface area contributed by atoms with Crippen molar-refractivity contribution in [3.63, 3.8) is 0 Å². The van der Waals surface area contributed by atoms with Crippen molar-refractivity contribution in [3.05, 3.63) is 48.6 Å². The number of amides is 2. The second kappa shape index (κ2) is 15.5. The van der Waals surface area contributed by atoms with Gasteiger partial charge in [-0.2, -0.15) is 0 Å². The van der Waals surface area contributed by atoms with Gasteiger partial charge in [0.2, 0.25) is 5.91 Å². The number of rotatable bonds is 15. The SMILES string of the molecule is C=CC[C@H](C(=O)N1CCC[C@H]1CO[Si](C)(C)C(C)(C)C)N(CC(OCC)OCC)C(=O)OCc1ccccc1. The number of ether oxygens (including phenoxy) is 3. The molecular formula is C30H50N2O6Si. The van der Waals surface area contributed by atoms with Crippen molar-refractivity contribution in [2.75, 3.05) is 32.9 Å². The first-order chi connectivity index (χ1) is 18.4. The van der Waals surface area contributed by atoms with E-state index in [2.05, 4.69) is 40.4 Å². The lowest BCUT2D eigenvalue weighted by Crippen LogP contribution is -2.55. The number of carbonyl (C=O) groups excluding carboxylic acids is 2. The van der Waals surface area contributed by atoms with E-state index in [0.717, 1.165) is 18.4 Å². The maximum Gasteiger partial charge on any atom is 0.410 e. The molecule has 1 aliphatic rings. The summed E-state index contributed by atoms with van der Waals surface area (Å²) < 4.78 is 23.7. The molecule has 0 saturated carbocycles. The summed E-state index contributed by atoms with van der Waals surface area (Å²) in [6, 6.07) is 8.66. The zero-order valence-electron chi connectivity index (χ0n) is 25.1. The fourth-order valence-electron chi connectivity index (χ4n) is 4.35. The van der Waals surface area contributed by atoms with Gasteiger partial charge < -0.3 is 23.5 Å². The van der Waals surface area contributed by atoms with Crippen LogP contribution in [0, 0.1) is 0 Å². The van der Waals surface area contributed by atoms with E-state index in [0.29, 0.717) is 26.4 Å². The molecule has 8 nitrogen and oxygen atoms in total. The summed E-state index contributed by atoms with van der Waals surface area (Å²) in [6.07, 6.45) is 2.47. The van der Waals surface area contributed by atoms with Crippen molar-refractivity contribution < 1.29 is 28.2 Å². The minimum atomic E-state index is -1.97. The Morgan fingerprint density at radius 2 is 1.79 bits per heavy atom. The van der Waals surface area contributed by atoms with Crippen LogP contribution in [0.3, 0.4) is 0 Å². The normalized spacial score (nSPS) is 16.8. The third-order valence-electron chi connectivity index (χ3n) is 7.64. The highest BCUT2D eigenvalue weighted by Gasteiger charge is 2.41. The van der Waals surface area contributed by atoms with E-state index in [1.807, 2.05) is 49.1 Å². The highest BCUT2D eigenvalue weighted by atomic mass is 28.4. The Labute approximate surface area is 236 Å². The van der Waals surface area contributed by atoms with Gasteiger partial charge in [-0.1, -0.05) is 57.2 Å². The summed E-state index contributed by atoms with van der Waals surface area (Å²) in [7, 11) is -1.97.